The van der Waals surface area contributed by atoms with Gasteiger partial charge in [-0.25, -0.2) is 0 Å². The van der Waals surface area contributed by atoms with E-state index in [1.165, 1.54) is 19.3 Å². The smallest absolute Gasteiger partial charge is 0.0801 e. The molecule has 0 aromatic heterocycles. The summed E-state index contributed by atoms with van der Waals surface area (Å²) in [5.41, 5.74) is 0. The molecular formula is C14H30O2. The summed E-state index contributed by atoms with van der Waals surface area (Å²) in [5, 5.41) is 19.7. The van der Waals surface area contributed by atoms with E-state index in [0.717, 1.165) is 12.8 Å². The summed E-state index contributed by atoms with van der Waals surface area (Å²) in [7, 11) is 0. The van der Waals surface area contributed by atoms with Crippen molar-refractivity contribution in [2.24, 2.45) is 11.8 Å². The standard InChI is InChI=1S/C14H30O2/c1-5-7-8-12(6-2)10-14(16)13(15)9-11(3)4/h11-16H,5-10H2,1-4H3. The normalized spacial score (nSPS) is 17.4. The Labute approximate surface area is 101 Å². The molecule has 0 fully saturated rings. The Kier molecular flexibility index (Phi) is 8.96. The number of unbranched alkanes of at least 4 members (excludes halogenated alkanes) is 1. The topological polar surface area (TPSA) is 40.5 Å². The average Bonchev–Trinajstić information content (AvgIpc) is 2.22. The minimum atomic E-state index is -0.546. The lowest BCUT2D eigenvalue weighted by atomic mass is 9.89. The second-order valence-corrected chi connectivity index (χ2v) is 5.42. The van der Waals surface area contributed by atoms with Crippen molar-refractivity contribution >= 4 is 0 Å². The first kappa shape index (κ1) is 15.9. The molecule has 0 heterocycles. The number of aliphatic hydroxyl groups is 2. The Hall–Kier alpha value is -0.0800. The molecule has 0 aliphatic carbocycles. The SMILES string of the molecule is CCCCC(CC)CC(O)C(O)CC(C)C. The van der Waals surface area contributed by atoms with Gasteiger partial charge in [-0.05, 0) is 24.7 Å². The third-order valence-corrected chi connectivity index (χ3v) is 3.28. The first-order valence-electron chi connectivity index (χ1n) is 6.87. The molecule has 3 atom stereocenters. The Bertz CT molecular complexity index is 157. The first-order valence-corrected chi connectivity index (χ1v) is 6.87. The van der Waals surface area contributed by atoms with Crippen LogP contribution in [0.1, 0.15) is 66.2 Å². The van der Waals surface area contributed by atoms with E-state index in [4.69, 9.17) is 0 Å². The van der Waals surface area contributed by atoms with E-state index < -0.39 is 12.2 Å². The molecule has 0 aromatic carbocycles. The molecule has 0 radical (unpaired) electrons. The lowest BCUT2D eigenvalue weighted by Gasteiger charge is -2.23. The van der Waals surface area contributed by atoms with Crippen molar-refractivity contribution in [3.8, 4) is 0 Å². The second kappa shape index (κ2) is 9.00. The highest BCUT2D eigenvalue weighted by atomic mass is 16.3. The lowest BCUT2D eigenvalue weighted by Crippen LogP contribution is -2.29. The van der Waals surface area contributed by atoms with E-state index >= 15 is 0 Å². The van der Waals surface area contributed by atoms with Crippen LogP contribution in [0, 0.1) is 11.8 Å². The van der Waals surface area contributed by atoms with Crippen molar-refractivity contribution in [2.45, 2.75) is 78.4 Å². The van der Waals surface area contributed by atoms with Crippen LogP contribution < -0.4 is 0 Å². The van der Waals surface area contributed by atoms with Crippen LogP contribution in [0.4, 0.5) is 0 Å². The van der Waals surface area contributed by atoms with Crippen LogP contribution >= 0.6 is 0 Å². The van der Waals surface area contributed by atoms with Crippen LogP contribution in [0.3, 0.4) is 0 Å². The van der Waals surface area contributed by atoms with Crippen molar-refractivity contribution in [3.63, 3.8) is 0 Å². The van der Waals surface area contributed by atoms with Gasteiger partial charge in [0.1, 0.15) is 0 Å². The minimum absolute atomic E-state index is 0.445. The highest BCUT2D eigenvalue weighted by Crippen LogP contribution is 2.21. The van der Waals surface area contributed by atoms with Crippen LogP contribution in [-0.4, -0.2) is 22.4 Å². The quantitative estimate of drug-likeness (QED) is 0.637. The van der Waals surface area contributed by atoms with Crippen LogP contribution in [0.5, 0.6) is 0 Å². The average molecular weight is 230 g/mol. The third kappa shape index (κ3) is 7.24. The van der Waals surface area contributed by atoms with Crippen LogP contribution in [0.25, 0.3) is 0 Å². The molecule has 0 aromatic rings. The molecular weight excluding hydrogens is 200 g/mol. The van der Waals surface area contributed by atoms with Gasteiger partial charge in [-0.2, -0.15) is 0 Å². The summed E-state index contributed by atoms with van der Waals surface area (Å²) in [6.07, 6.45) is 5.09. The highest BCUT2D eigenvalue weighted by Gasteiger charge is 2.20. The number of rotatable bonds is 9. The van der Waals surface area contributed by atoms with Gasteiger partial charge in [-0.15, -0.1) is 0 Å². The molecule has 0 rings (SSSR count). The van der Waals surface area contributed by atoms with E-state index in [-0.39, 0.29) is 0 Å². The number of hydrogen-bond acceptors (Lipinski definition) is 2. The van der Waals surface area contributed by atoms with Crippen LogP contribution in [0.2, 0.25) is 0 Å². The third-order valence-electron chi connectivity index (χ3n) is 3.28. The van der Waals surface area contributed by atoms with Gasteiger partial charge < -0.3 is 10.2 Å². The maximum atomic E-state index is 9.92. The van der Waals surface area contributed by atoms with E-state index in [2.05, 4.69) is 27.7 Å². The van der Waals surface area contributed by atoms with Crippen LogP contribution in [-0.2, 0) is 0 Å². The number of hydrogen-bond donors (Lipinski definition) is 2. The zero-order valence-electron chi connectivity index (χ0n) is 11.4. The highest BCUT2D eigenvalue weighted by molar-refractivity contribution is 4.72. The second-order valence-electron chi connectivity index (χ2n) is 5.42. The summed E-state index contributed by atoms with van der Waals surface area (Å²) in [4.78, 5) is 0. The van der Waals surface area contributed by atoms with Gasteiger partial charge in [-0.1, -0.05) is 53.4 Å². The Balaban J connectivity index is 3.92. The molecule has 0 amide bonds. The molecule has 2 nitrogen and oxygen atoms in total. The summed E-state index contributed by atoms with van der Waals surface area (Å²) >= 11 is 0. The van der Waals surface area contributed by atoms with Gasteiger partial charge in [0.15, 0.2) is 0 Å². The predicted molar refractivity (Wildman–Crippen MR) is 69.4 cm³/mol. The molecule has 2 heteroatoms. The summed E-state index contributed by atoms with van der Waals surface area (Å²) < 4.78 is 0. The summed E-state index contributed by atoms with van der Waals surface area (Å²) in [6, 6.07) is 0. The van der Waals surface area contributed by atoms with E-state index in [1.54, 1.807) is 0 Å². The van der Waals surface area contributed by atoms with Crippen molar-refractivity contribution in [2.75, 3.05) is 0 Å². The first-order chi connectivity index (χ1) is 7.51. The fourth-order valence-corrected chi connectivity index (χ4v) is 2.12. The van der Waals surface area contributed by atoms with E-state index in [9.17, 15) is 10.2 Å². The van der Waals surface area contributed by atoms with E-state index in [0.29, 0.717) is 18.3 Å². The van der Waals surface area contributed by atoms with Gasteiger partial charge >= 0.3 is 0 Å². The largest absolute Gasteiger partial charge is 0.390 e. The van der Waals surface area contributed by atoms with Gasteiger partial charge in [-0.3, -0.25) is 0 Å². The van der Waals surface area contributed by atoms with Crippen molar-refractivity contribution < 1.29 is 10.2 Å². The monoisotopic (exact) mass is 230 g/mol. The molecule has 0 saturated heterocycles. The van der Waals surface area contributed by atoms with Crippen molar-refractivity contribution in [1.29, 1.82) is 0 Å². The van der Waals surface area contributed by atoms with Crippen molar-refractivity contribution in [3.05, 3.63) is 0 Å². The maximum absolute atomic E-state index is 9.92. The van der Waals surface area contributed by atoms with Gasteiger partial charge in [0.05, 0.1) is 12.2 Å². The predicted octanol–water partition coefficient (Wildman–Crippen LogP) is 3.36. The van der Waals surface area contributed by atoms with Gasteiger partial charge in [0, 0.05) is 0 Å². The molecule has 16 heavy (non-hydrogen) atoms. The minimum Gasteiger partial charge on any atom is -0.390 e. The molecule has 0 spiro atoms. The summed E-state index contributed by atoms with van der Waals surface area (Å²) in [6.45, 7) is 8.51. The molecule has 2 N–H and O–H groups in total. The molecule has 98 valence electrons. The Morgan fingerprint density at radius 2 is 1.50 bits per heavy atom. The fourth-order valence-electron chi connectivity index (χ4n) is 2.12. The molecule has 0 bridgehead atoms. The fraction of sp³-hybridized carbons (Fsp3) is 1.00. The lowest BCUT2D eigenvalue weighted by molar-refractivity contribution is -0.00689. The van der Waals surface area contributed by atoms with E-state index in [1.807, 2.05) is 0 Å². The number of aliphatic hydroxyl groups excluding tert-OH is 2. The molecule has 0 aliphatic rings. The molecule has 0 saturated carbocycles. The maximum Gasteiger partial charge on any atom is 0.0801 e. The molecule has 0 aliphatic heterocycles. The Morgan fingerprint density at radius 1 is 0.938 bits per heavy atom. The van der Waals surface area contributed by atoms with Crippen LogP contribution in [0.15, 0.2) is 0 Å². The molecule has 3 unspecified atom stereocenters. The summed E-state index contributed by atoms with van der Waals surface area (Å²) in [5.74, 6) is 1.01. The zero-order chi connectivity index (χ0) is 12.6. The Morgan fingerprint density at radius 3 is 1.94 bits per heavy atom. The van der Waals surface area contributed by atoms with Gasteiger partial charge in [0.2, 0.25) is 0 Å². The van der Waals surface area contributed by atoms with Gasteiger partial charge in [0.25, 0.3) is 0 Å². The zero-order valence-corrected chi connectivity index (χ0v) is 11.4. The van der Waals surface area contributed by atoms with Crippen molar-refractivity contribution in [1.82, 2.24) is 0 Å².